The lowest BCUT2D eigenvalue weighted by Gasteiger charge is -2.26. The first-order valence-electron chi connectivity index (χ1n) is 8.54. The molecule has 1 aliphatic rings. The minimum Gasteiger partial charge on any atom is -0.343 e. The van der Waals surface area contributed by atoms with E-state index in [4.69, 9.17) is 4.98 Å². The topological polar surface area (TPSA) is 38.1 Å². The van der Waals surface area contributed by atoms with Crippen LogP contribution in [0.5, 0.6) is 0 Å². The van der Waals surface area contributed by atoms with Gasteiger partial charge < -0.3 is 9.47 Å². The van der Waals surface area contributed by atoms with Gasteiger partial charge in [-0.15, -0.1) is 0 Å². The van der Waals surface area contributed by atoms with E-state index < -0.39 is 0 Å². The maximum Gasteiger partial charge on any atom is 0.233 e. The zero-order valence-corrected chi connectivity index (χ0v) is 15.2. The van der Waals surface area contributed by atoms with Gasteiger partial charge in [-0.3, -0.25) is 4.79 Å². The number of amides is 1. The standard InChI is InChI=1S/C17H29N3OS/c1-5-19(6-2)16(21)12-22-17-18-13(3)14(4)20(17)15-10-8-7-9-11-15/h15H,5-12H2,1-4H3. The number of carbonyl (C=O) groups excluding carboxylic acids is 1. The average Bonchev–Trinajstić information content (AvgIpc) is 2.82. The SMILES string of the molecule is CCN(CC)C(=O)CSc1nc(C)c(C)n1C1CCCCC1. The van der Waals surface area contributed by atoms with Crippen LogP contribution < -0.4 is 0 Å². The highest BCUT2D eigenvalue weighted by Gasteiger charge is 2.22. The number of thioether (sulfide) groups is 1. The summed E-state index contributed by atoms with van der Waals surface area (Å²) in [5.41, 5.74) is 2.37. The molecule has 1 amide bonds. The van der Waals surface area contributed by atoms with Crippen LogP contribution in [0.1, 0.15) is 63.4 Å². The summed E-state index contributed by atoms with van der Waals surface area (Å²) in [6, 6.07) is 0.570. The van der Waals surface area contributed by atoms with Crippen LogP contribution in [0.25, 0.3) is 0 Å². The number of hydrogen-bond donors (Lipinski definition) is 0. The highest BCUT2D eigenvalue weighted by molar-refractivity contribution is 7.99. The van der Waals surface area contributed by atoms with E-state index in [2.05, 4.69) is 18.4 Å². The molecular formula is C17H29N3OS. The van der Waals surface area contributed by atoms with Gasteiger partial charge in [-0.25, -0.2) is 4.98 Å². The Kier molecular flexibility index (Phi) is 6.36. The molecule has 0 unspecified atom stereocenters. The monoisotopic (exact) mass is 323 g/mol. The number of carbonyl (C=O) groups is 1. The molecule has 0 aromatic carbocycles. The van der Waals surface area contributed by atoms with E-state index >= 15 is 0 Å². The molecule has 1 saturated carbocycles. The number of hydrogen-bond acceptors (Lipinski definition) is 3. The van der Waals surface area contributed by atoms with Crippen LogP contribution in [0.4, 0.5) is 0 Å². The van der Waals surface area contributed by atoms with E-state index in [1.165, 1.54) is 37.8 Å². The number of aromatic nitrogens is 2. The molecule has 1 aliphatic carbocycles. The molecule has 0 N–H and O–H groups in total. The maximum absolute atomic E-state index is 12.2. The van der Waals surface area contributed by atoms with Crippen molar-refractivity contribution >= 4 is 17.7 Å². The van der Waals surface area contributed by atoms with Gasteiger partial charge in [0.25, 0.3) is 0 Å². The van der Waals surface area contributed by atoms with E-state index in [1.54, 1.807) is 11.8 Å². The van der Waals surface area contributed by atoms with Crippen LogP contribution in [-0.2, 0) is 4.79 Å². The predicted octanol–water partition coefficient (Wildman–Crippen LogP) is 3.97. The molecule has 0 spiro atoms. The van der Waals surface area contributed by atoms with Crippen molar-refractivity contribution in [3.8, 4) is 0 Å². The zero-order chi connectivity index (χ0) is 16.1. The highest BCUT2D eigenvalue weighted by atomic mass is 32.2. The predicted molar refractivity (Wildman–Crippen MR) is 92.5 cm³/mol. The van der Waals surface area contributed by atoms with Gasteiger partial charge in [0.1, 0.15) is 0 Å². The fourth-order valence-corrected chi connectivity index (χ4v) is 4.32. The summed E-state index contributed by atoms with van der Waals surface area (Å²) in [5, 5.41) is 1.03. The summed E-state index contributed by atoms with van der Waals surface area (Å²) in [6.07, 6.45) is 6.46. The minimum absolute atomic E-state index is 0.212. The Bertz CT molecular complexity index is 502. The van der Waals surface area contributed by atoms with Crippen LogP contribution in [0.15, 0.2) is 5.16 Å². The smallest absolute Gasteiger partial charge is 0.233 e. The van der Waals surface area contributed by atoms with Crippen molar-refractivity contribution in [1.82, 2.24) is 14.5 Å². The van der Waals surface area contributed by atoms with Crippen molar-refractivity contribution in [3.05, 3.63) is 11.4 Å². The Morgan fingerprint density at radius 1 is 1.23 bits per heavy atom. The first kappa shape index (κ1) is 17.4. The van der Waals surface area contributed by atoms with E-state index in [0.29, 0.717) is 11.8 Å². The van der Waals surface area contributed by atoms with E-state index in [1.807, 2.05) is 18.7 Å². The lowest BCUT2D eigenvalue weighted by molar-refractivity contribution is -0.127. The van der Waals surface area contributed by atoms with Crippen molar-refractivity contribution in [3.63, 3.8) is 0 Å². The molecule has 5 heteroatoms. The maximum atomic E-state index is 12.2. The fraction of sp³-hybridized carbons (Fsp3) is 0.765. The second kappa shape index (κ2) is 8.04. The van der Waals surface area contributed by atoms with E-state index in [0.717, 1.165) is 23.9 Å². The summed E-state index contributed by atoms with van der Waals surface area (Å²) in [6.45, 7) is 9.86. The van der Waals surface area contributed by atoms with Crippen LogP contribution in [0, 0.1) is 13.8 Å². The van der Waals surface area contributed by atoms with E-state index in [-0.39, 0.29) is 5.91 Å². The lowest BCUT2D eigenvalue weighted by Crippen LogP contribution is -2.32. The normalized spacial score (nSPS) is 16.0. The molecule has 2 rings (SSSR count). The first-order valence-corrected chi connectivity index (χ1v) is 9.53. The van der Waals surface area contributed by atoms with Gasteiger partial charge in [0.05, 0.1) is 11.4 Å². The Balaban J connectivity index is 2.10. The Morgan fingerprint density at radius 2 is 1.86 bits per heavy atom. The summed E-state index contributed by atoms with van der Waals surface area (Å²) < 4.78 is 2.40. The second-order valence-electron chi connectivity index (χ2n) is 6.08. The first-order chi connectivity index (χ1) is 10.6. The number of aryl methyl sites for hydroxylation is 1. The van der Waals surface area contributed by atoms with Crippen LogP contribution in [0.3, 0.4) is 0 Å². The van der Waals surface area contributed by atoms with Crippen molar-refractivity contribution in [2.24, 2.45) is 0 Å². The molecule has 124 valence electrons. The molecule has 1 aromatic heterocycles. The number of rotatable bonds is 6. The van der Waals surface area contributed by atoms with Gasteiger partial charge in [-0.1, -0.05) is 31.0 Å². The summed E-state index contributed by atoms with van der Waals surface area (Å²) >= 11 is 1.60. The zero-order valence-electron chi connectivity index (χ0n) is 14.4. The van der Waals surface area contributed by atoms with E-state index in [9.17, 15) is 4.79 Å². The number of nitrogens with zero attached hydrogens (tertiary/aromatic N) is 3. The Hall–Kier alpha value is -0.970. The molecule has 0 radical (unpaired) electrons. The van der Waals surface area contributed by atoms with Crippen LogP contribution >= 0.6 is 11.8 Å². The summed E-state index contributed by atoms with van der Waals surface area (Å²) in [7, 11) is 0. The van der Waals surface area contributed by atoms with Crippen LogP contribution in [-0.4, -0.2) is 39.2 Å². The molecule has 0 bridgehead atoms. The van der Waals surface area contributed by atoms with Gasteiger partial charge in [0.15, 0.2) is 5.16 Å². The molecule has 0 saturated heterocycles. The largest absolute Gasteiger partial charge is 0.343 e. The Morgan fingerprint density at radius 3 is 2.45 bits per heavy atom. The average molecular weight is 324 g/mol. The van der Waals surface area contributed by atoms with Crippen molar-refractivity contribution in [2.75, 3.05) is 18.8 Å². The molecule has 4 nitrogen and oxygen atoms in total. The third-order valence-electron chi connectivity index (χ3n) is 4.74. The second-order valence-corrected chi connectivity index (χ2v) is 7.02. The van der Waals surface area contributed by atoms with Gasteiger partial charge in [0, 0.05) is 24.8 Å². The molecule has 0 atom stereocenters. The molecular weight excluding hydrogens is 294 g/mol. The van der Waals surface area contributed by atoms with Gasteiger partial charge in [-0.2, -0.15) is 0 Å². The molecule has 22 heavy (non-hydrogen) atoms. The minimum atomic E-state index is 0.212. The summed E-state index contributed by atoms with van der Waals surface area (Å²) in [4.78, 5) is 18.8. The quantitative estimate of drug-likeness (QED) is 0.744. The van der Waals surface area contributed by atoms with Crippen LogP contribution in [0.2, 0.25) is 0 Å². The third kappa shape index (κ3) is 3.86. The highest BCUT2D eigenvalue weighted by Crippen LogP contribution is 2.34. The fourth-order valence-electron chi connectivity index (χ4n) is 3.26. The summed E-state index contributed by atoms with van der Waals surface area (Å²) in [5.74, 6) is 0.702. The third-order valence-corrected chi connectivity index (χ3v) is 5.67. The van der Waals surface area contributed by atoms with Gasteiger partial charge in [-0.05, 0) is 40.5 Å². The molecule has 0 aliphatic heterocycles. The van der Waals surface area contributed by atoms with Gasteiger partial charge >= 0.3 is 0 Å². The van der Waals surface area contributed by atoms with Crippen molar-refractivity contribution < 1.29 is 4.79 Å². The number of imidazole rings is 1. The molecule has 1 fully saturated rings. The Labute approximate surface area is 138 Å². The molecule has 1 aromatic rings. The van der Waals surface area contributed by atoms with Crippen molar-refractivity contribution in [2.45, 2.75) is 71.0 Å². The van der Waals surface area contributed by atoms with Crippen molar-refractivity contribution in [1.29, 1.82) is 0 Å². The lowest BCUT2D eigenvalue weighted by atomic mass is 9.95. The molecule has 1 heterocycles. The van der Waals surface area contributed by atoms with Gasteiger partial charge in [0.2, 0.25) is 5.91 Å².